The molecule has 0 aliphatic carbocycles. The third-order valence-electron chi connectivity index (χ3n) is 4.65. The molecule has 0 aliphatic heterocycles. The summed E-state index contributed by atoms with van der Waals surface area (Å²) >= 11 is 0. The van der Waals surface area contributed by atoms with Gasteiger partial charge in [0.2, 0.25) is 5.95 Å². The predicted octanol–water partition coefficient (Wildman–Crippen LogP) is 4.40. The van der Waals surface area contributed by atoms with E-state index in [4.69, 9.17) is 15.2 Å². The van der Waals surface area contributed by atoms with Gasteiger partial charge in [0.05, 0.1) is 25.4 Å². The molecule has 0 bridgehead atoms. The highest BCUT2D eigenvalue weighted by atomic mass is 16.5. The molecular weight excluding hydrogens is 366 g/mol. The van der Waals surface area contributed by atoms with E-state index in [1.165, 1.54) is 0 Å². The van der Waals surface area contributed by atoms with Gasteiger partial charge in [0.15, 0.2) is 11.5 Å². The normalized spacial score (nSPS) is 10.7. The van der Waals surface area contributed by atoms with Gasteiger partial charge in [0.1, 0.15) is 5.82 Å². The van der Waals surface area contributed by atoms with Crippen LogP contribution in [0.15, 0.2) is 60.9 Å². The number of aromatic nitrogens is 3. The summed E-state index contributed by atoms with van der Waals surface area (Å²) < 4.78 is 11.0. The average Bonchev–Trinajstić information content (AvgIpc) is 2.74. The minimum absolute atomic E-state index is 0.389. The molecule has 0 radical (unpaired) electrons. The highest BCUT2D eigenvalue weighted by Gasteiger charge is 2.20. The van der Waals surface area contributed by atoms with Crippen molar-refractivity contribution in [1.29, 1.82) is 0 Å². The first kappa shape index (κ1) is 18.5. The molecule has 7 nitrogen and oxygen atoms in total. The minimum Gasteiger partial charge on any atom is -0.493 e. The Balaban J connectivity index is 1.96. The summed E-state index contributed by atoms with van der Waals surface area (Å²) in [5.74, 6) is 2.12. The number of nitrogens with zero attached hydrogens (tertiary/aromatic N) is 4. The van der Waals surface area contributed by atoms with Gasteiger partial charge in [-0.2, -0.15) is 4.98 Å². The molecule has 4 aromatic rings. The number of rotatable bonds is 5. The zero-order valence-electron chi connectivity index (χ0n) is 16.5. The largest absolute Gasteiger partial charge is 0.493 e. The van der Waals surface area contributed by atoms with Crippen LogP contribution in [0, 0.1) is 6.92 Å². The summed E-state index contributed by atoms with van der Waals surface area (Å²) in [5.41, 5.74) is 9.57. The van der Waals surface area contributed by atoms with Crippen LogP contribution in [0.4, 0.5) is 23.1 Å². The Morgan fingerprint density at radius 3 is 2.45 bits per heavy atom. The van der Waals surface area contributed by atoms with Crippen LogP contribution in [0.1, 0.15) is 5.56 Å². The molecule has 0 fully saturated rings. The molecule has 146 valence electrons. The van der Waals surface area contributed by atoms with Crippen LogP contribution < -0.4 is 20.1 Å². The molecule has 7 heteroatoms. The molecule has 4 rings (SSSR count). The van der Waals surface area contributed by atoms with Crippen LogP contribution in [-0.2, 0) is 0 Å². The second kappa shape index (κ2) is 7.63. The maximum atomic E-state index is 5.95. The zero-order chi connectivity index (χ0) is 20.4. The van der Waals surface area contributed by atoms with Gasteiger partial charge in [-0.05, 0) is 48.9 Å². The lowest BCUT2D eigenvalue weighted by molar-refractivity contribution is 0.355. The van der Waals surface area contributed by atoms with Crippen LogP contribution in [0.3, 0.4) is 0 Å². The molecule has 0 spiro atoms. The van der Waals surface area contributed by atoms with E-state index >= 15 is 0 Å². The number of aryl methyl sites for hydroxylation is 1. The van der Waals surface area contributed by atoms with Gasteiger partial charge < -0.3 is 15.2 Å². The monoisotopic (exact) mass is 387 g/mol. The number of nitrogens with two attached hydrogens (primary N) is 1. The fraction of sp³-hybridized carbons (Fsp3) is 0.136. The van der Waals surface area contributed by atoms with Crippen LogP contribution in [-0.4, -0.2) is 29.2 Å². The standard InChI is InChI=1S/C22H21N5O2/c1-14-11-19(28-2)20(29-3)13-18(14)27(22-25-10-8-21(23)26-22)16-6-7-17-15(12-16)5-4-9-24-17/h4-13H,1-3H3,(H2,23,25,26). The number of ether oxygens (including phenoxy) is 2. The Morgan fingerprint density at radius 2 is 1.69 bits per heavy atom. The van der Waals surface area contributed by atoms with E-state index in [1.54, 1.807) is 32.7 Å². The average molecular weight is 387 g/mol. The van der Waals surface area contributed by atoms with E-state index in [0.717, 1.165) is 27.8 Å². The van der Waals surface area contributed by atoms with Gasteiger partial charge in [-0.15, -0.1) is 0 Å². The van der Waals surface area contributed by atoms with Crippen molar-refractivity contribution < 1.29 is 9.47 Å². The Hall–Kier alpha value is -3.87. The van der Waals surface area contributed by atoms with Crippen LogP contribution in [0.25, 0.3) is 10.9 Å². The Kier molecular flexibility index (Phi) is 4.87. The fourth-order valence-electron chi connectivity index (χ4n) is 3.24. The van der Waals surface area contributed by atoms with Crippen LogP contribution in [0.5, 0.6) is 11.5 Å². The molecule has 0 saturated heterocycles. The van der Waals surface area contributed by atoms with E-state index in [0.29, 0.717) is 23.3 Å². The van der Waals surface area contributed by atoms with Crippen molar-refractivity contribution in [2.75, 3.05) is 24.9 Å². The molecule has 2 aromatic carbocycles. The molecule has 2 heterocycles. The minimum atomic E-state index is 0.389. The molecule has 2 N–H and O–H groups in total. The summed E-state index contributed by atoms with van der Waals surface area (Å²) in [5, 5.41) is 1.01. The van der Waals surface area contributed by atoms with Gasteiger partial charge in [-0.25, -0.2) is 4.98 Å². The summed E-state index contributed by atoms with van der Waals surface area (Å²) in [6, 6.07) is 15.4. The zero-order valence-corrected chi connectivity index (χ0v) is 16.5. The van der Waals surface area contributed by atoms with E-state index < -0.39 is 0 Å². The molecular formula is C22H21N5O2. The third-order valence-corrected chi connectivity index (χ3v) is 4.65. The Bertz CT molecular complexity index is 1180. The number of benzene rings is 2. The van der Waals surface area contributed by atoms with Gasteiger partial charge in [-0.1, -0.05) is 6.07 Å². The van der Waals surface area contributed by atoms with E-state index in [2.05, 4.69) is 15.0 Å². The Labute approximate surface area is 168 Å². The van der Waals surface area contributed by atoms with Crippen molar-refractivity contribution >= 4 is 34.0 Å². The maximum absolute atomic E-state index is 5.95. The van der Waals surface area contributed by atoms with Crippen molar-refractivity contribution in [2.24, 2.45) is 0 Å². The molecule has 2 aromatic heterocycles. The number of hydrogen-bond acceptors (Lipinski definition) is 7. The number of hydrogen-bond donors (Lipinski definition) is 1. The highest BCUT2D eigenvalue weighted by molar-refractivity contribution is 5.86. The first-order valence-electron chi connectivity index (χ1n) is 9.07. The maximum Gasteiger partial charge on any atom is 0.236 e. The number of fused-ring (bicyclic) bond motifs is 1. The Morgan fingerprint density at radius 1 is 0.897 bits per heavy atom. The lowest BCUT2D eigenvalue weighted by Gasteiger charge is -2.26. The van der Waals surface area contributed by atoms with Crippen molar-refractivity contribution in [3.8, 4) is 11.5 Å². The van der Waals surface area contributed by atoms with Crippen LogP contribution in [0.2, 0.25) is 0 Å². The number of nitrogen functional groups attached to an aromatic ring is 1. The lowest BCUT2D eigenvalue weighted by atomic mass is 10.1. The van der Waals surface area contributed by atoms with Crippen molar-refractivity contribution in [1.82, 2.24) is 15.0 Å². The molecule has 0 aliphatic rings. The molecule has 0 saturated carbocycles. The van der Waals surface area contributed by atoms with Crippen LogP contribution >= 0.6 is 0 Å². The van der Waals surface area contributed by atoms with E-state index in [9.17, 15) is 0 Å². The van der Waals surface area contributed by atoms with Crippen molar-refractivity contribution in [2.45, 2.75) is 6.92 Å². The smallest absolute Gasteiger partial charge is 0.236 e. The fourth-order valence-corrected chi connectivity index (χ4v) is 3.24. The quantitative estimate of drug-likeness (QED) is 0.543. The first-order valence-corrected chi connectivity index (χ1v) is 9.07. The van der Waals surface area contributed by atoms with E-state index in [1.807, 2.05) is 54.3 Å². The predicted molar refractivity (Wildman–Crippen MR) is 114 cm³/mol. The SMILES string of the molecule is COc1cc(C)c(N(c2ccc3ncccc3c2)c2nccc(N)n2)cc1OC. The van der Waals surface area contributed by atoms with Gasteiger partial charge in [0, 0.05) is 29.5 Å². The molecule has 0 atom stereocenters. The topological polar surface area (TPSA) is 86.4 Å². The molecule has 0 unspecified atom stereocenters. The number of anilines is 4. The summed E-state index contributed by atoms with van der Waals surface area (Å²) in [6.07, 6.45) is 3.42. The van der Waals surface area contributed by atoms with Crippen molar-refractivity contribution in [3.63, 3.8) is 0 Å². The van der Waals surface area contributed by atoms with Gasteiger partial charge in [0.25, 0.3) is 0 Å². The molecule has 0 amide bonds. The lowest BCUT2D eigenvalue weighted by Crippen LogP contribution is -2.15. The summed E-state index contributed by atoms with van der Waals surface area (Å²) in [6.45, 7) is 2.00. The number of methoxy groups -OCH3 is 2. The highest BCUT2D eigenvalue weighted by Crippen LogP contribution is 2.41. The summed E-state index contributed by atoms with van der Waals surface area (Å²) in [7, 11) is 3.23. The van der Waals surface area contributed by atoms with Gasteiger partial charge >= 0.3 is 0 Å². The van der Waals surface area contributed by atoms with Gasteiger partial charge in [-0.3, -0.25) is 9.88 Å². The summed E-state index contributed by atoms with van der Waals surface area (Å²) in [4.78, 5) is 15.3. The molecule has 29 heavy (non-hydrogen) atoms. The second-order valence-electron chi connectivity index (χ2n) is 6.49. The number of pyridine rings is 1. The van der Waals surface area contributed by atoms with Crippen molar-refractivity contribution in [3.05, 3.63) is 66.5 Å². The third kappa shape index (κ3) is 3.50. The first-order chi connectivity index (χ1) is 14.1. The van der Waals surface area contributed by atoms with E-state index in [-0.39, 0.29) is 0 Å². The second-order valence-corrected chi connectivity index (χ2v) is 6.49.